The number of rotatable bonds is 16. The van der Waals surface area contributed by atoms with E-state index in [1.807, 2.05) is 71.0 Å². The molecule has 230 valence electrons. The quantitative estimate of drug-likeness (QED) is 0.235. The lowest BCUT2D eigenvalue weighted by Gasteiger charge is -2.45. The van der Waals surface area contributed by atoms with Crippen molar-refractivity contribution in [1.82, 2.24) is 10.2 Å². The predicted molar refractivity (Wildman–Crippen MR) is 160 cm³/mol. The van der Waals surface area contributed by atoms with Crippen molar-refractivity contribution in [2.45, 2.75) is 90.5 Å². The molecule has 9 heteroatoms. The van der Waals surface area contributed by atoms with Crippen molar-refractivity contribution in [1.29, 1.82) is 0 Å². The number of benzene rings is 2. The molecule has 2 amide bonds. The van der Waals surface area contributed by atoms with Gasteiger partial charge in [0.2, 0.25) is 0 Å². The first-order chi connectivity index (χ1) is 20.2. The number of ether oxygens (including phenoxy) is 4. The van der Waals surface area contributed by atoms with Gasteiger partial charge in [0.25, 0.3) is 0 Å². The van der Waals surface area contributed by atoms with E-state index in [4.69, 9.17) is 18.9 Å². The van der Waals surface area contributed by atoms with Crippen molar-refractivity contribution in [2.24, 2.45) is 0 Å². The Bertz CT molecular complexity index is 1210. The largest absolute Gasteiger partial charge is 0.493 e. The molecular formula is C33H46N2O7. The molecule has 0 radical (unpaired) electrons. The summed E-state index contributed by atoms with van der Waals surface area (Å²) in [5.41, 5.74) is 2.64. The molecular weight excluding hydrogens is 536 g/mol. The van der Waals surface area contributed by atoms with Crippen molar-refractivity contribution < 1.29 is 33.6 Å². The summed E-state index contributed by atoms with van der Waals surface area (Å²) in [5, 5.41) is 12.9. The number of carboxylic acid groups (broad SMARTS) is 1. The van der Waals surface area contributed by atoms with Gasteiger partial charge in [-0.3, -0.25) is 0 Å². The Morgan fingerprint density at radius 2 is 1.76 bits per heavy atom. The molecule has 2 saturated carbocycles. The molecule has 0 aromatic heterocycles. The van der Waals surface area contributed by atoms with Gasteiger partial charge in [-0.25, -0.2) is 9.59 Å². The van der Waals surface area contributed by atoms with E-state index >= 15 is 0 Å². The van der Waals surface area contributed by atoms with Crippen LogP contribution in [0.1, 0.15) is 87.6 Å². The topological polar surface area (TPSA) is 107 Å². The van der Waals surface area contributed by atoms with E-state index in [2.05, 4.69) is 5.32 Å². The van der Waals surface area contributed by atoms with Gasteiger partial charge in [0, 0.05) is 31.6 Å². The van der Waals surface area contributed by atoms with Crippen LogP contribution in [-0.4, -0.2) is 66.6 Å². The highest BCUT2D eigenvalue weighted by Gasteiger charge is 2.53. The van der Waals surface area contributed by atoms with Gasteiger partial charge < -0.3 is 34.3 Å². The fraction of sp³-hybridized carbons (Fsp3) is 0.576. The highest BCUT2D eigenvalue weighted by molar-refractivity contribution is 5.87. The third kappa shape index (κ3) is 7.18. The number of carbonyl (C=O) groups is 2. The second kappa shape index (κ2) is 14.2. The van der Waals surface area contributed by atoms with Crippen LogP contribution in [0.5, 0.6) is 11.5 Å². The van der Waals surface area contributed by atoms with Gasteiger partial charge in [-0.1, -0.05) is 30.3 Å². The zero-order valence-corrected chi connectivity index (χ0v) is 25.6. The number of hydrogen-bond acceptors (Lipinski definition) is 6. The lowest BCUT2D eigenvalue weighted by atomic mass is 9.74. The first kappa shape index (κ1) is 31.6. The van der Waals surface area contributed by atoms with Gasteiger partial charge >= 0.3 is 12.0 Å². The summed E-state index contributed by atoms with van der Waals surface area (Å²) >= 11 is 0. The fourth-order valence-corrected chi connectivity index (χ4v) is 5.81. The van der Waals surface area contributed by atoms with E-state index in [0.717, 1.165) is 46.6 Å². The number of nitrogens with zero attached hydrogens (tertiary/aromatic N) is 1. The second-order valence-corrected chi connectivity index (χ2v) is 11.2. The molecule has 4 rings (SSSR count). The van der Waals surface area contributed by atoms with Crippen molar-refractivity contribution in [3.8, 4) is 11.5 Å². The molecule has 2 N–H and O–H groups in total. The van der Waals surface area contributed by atoms with Crippen LogP contribution in [0.15, 0.2) is 36.4 Å². The van der Waals surface area contributed by atoms with Gasteiger partial charge in [0.1, 0.15) is 17.0 Å². The SMILES string of the molecule is CCOc1cc(C(C)N(CCOCc2ccccc2)C(=O)NC2(C(=O)O)CC(OCC)C2)c(C)c(OCC)c1C1CC1. The average Bonchev–Trinajstić information content (AvgIpc) is 3.79. The summed E-state index contributed by atoms with van der Waals surface area (Å²) < 4.78 is 23.9. The smallest absolute Gasteiger partial charge is 0.329 e. The van der Waals surface area contributed by atoms with Crippen molar-refractivity contribution in [3.63, 3.8) is 0 Å². The van der Waals surface area contributed by atoms with Crippen LogP contribution < -0.4 is 14.8 Å². The average molecular weight is 583 g/mol. The second-order valence-electron chi connectivity index (χ2n) is 11.2. The van der Waals surface area contributed by atoms with Crippen LogP contribution in [0, 0.1) is 6.92 Å². The Balaban J connectivity index is 1.62. The Hall–Kier alpha value is -3.30. The summed E-state index contributed by atoms with van der Waals surface area (Å²) in [6, 6.07) is 11.0. The molecule has 2 aromatic carbocycles. The van der Waals surface area contributed by atoms with E-state index in [9.17, 15) is 14.7 Å². The van der Waals surface area contributed by atoms with Gasteiger partial charge in [-0.15, -0.1) is 0 Å². The molecule has 42 heavy (non-hydrogen) atoms. The van der Waals surface area contributed by atoms with Crippen LogP contribution >= 0.6 is 0 Å². The molecule has 0 saturated heterocycles. The summed E-state index contributed by atoms with van der Waals surface area (Å²) in [6.45, 7) is 12.3. The Morgan fingerprint density at radius 3 is 2.36 bits per heavy atom. The van der Waals surface area contributed by atoms with E-state index in [1.54, 1.807) is 4.90 Å². The Labute approximate surface area is 249 Å². The first-order valence-corrected chi connectivity index (χ1v) is 15.2. The Morgan fingerprint density at radius 1 is 1.07 bits per heavy atom. The molecule has 0 bridgehead atoms. The minimum Gasteiger partial charge on any atom is -0.493 e. The predicted octanol–water partition coefficient (Wildman–Crippen LogP) is 5.98. The van der Waals surface area contributed by atoms with Gasteiger partial charge in [-0.2, -0.15) is 0 Å². The maximum atomic E-state index is 13.9. The molecule has 2 fully saturated rings. The lowest BCUT2D eigenvalue weighted by Crippen LogP contribution is -2.66. The number of carbonyl (C=O) groups excluding carboxylic acids is 1. The molecule has 0 aliphatic heterocycles. The molecule has 9 nitrogen and oxygen atoms in total. The third-order valence-electron chi connectivity index (χ3n) is 8.22. The molecule has 1 unspecified atom stereocenters. The Kier molecular flexibility index (Phi) is 10.7. The van der Waals surface area contributed by atoms with E-state index < -0.39 is 23.6 Å². The first-order valence-electron chi connectivity index (χ1n) is 15.2. The van der Waals surface area contributed by atoms with E-state index in [0.29, 0.717) is 32.3 Å². The zero-order valence-electron chi connectivity index (χ0n) is 25.6. The van der Waals surface area contributed by atoms with E-state index in [1.165, 1.54) is 0 Å². The number of aliphatic carboxylic acids is 1. The van der Waals surface area contributed by atoms with Gasteiger partial charge in [-0.05, 0) is 76.1 Å². The molecule has 0 heterocycles. The lowest BCUT2D eigenvalue weighted by molar-refractivity contribution is -0.156. The summed E-state index contributed by atoms with van der Waals surface area (Å²) in [4.78, 5) is 27.9. The van der Waals surface area contributed by atoms with Crippen LogP contribution in [0.2, 0.25) is 0 Å². The van der Waals surface area contributed by atoms with Crippen LogP contribution in [0.4, 0.5) is 4.79 Å². The summed E-state index contributed by atoms with van der Waals surface area (Å²) in [7, 11) is 0. The highest BCUT2D eigenvalue weighted by atomic mass is 16.5. The monoisotopic (exact) mass is 582 g/mol. The molecule has 2 aromatic rings. The van der Waals surface area contributed by atoms with Crippen molar-refractivity contribution in [2.75, 3.05) is 33.0 Å². The zero-order chi connectivity index (χ0) is 30.3. The van der Waals surface area contributed by atoms with Crippen LogP contribution in [0.3, 0.4) is 0 Å². The maximum Gasteiger partial charge on any atom is 0.329 e. The number of hydrogen-bond donors (Lipinski definition) is 2. The van der Waals surface area contributed by atoms with Gasteiger partial charge in [0.15, 0.2) is 0 Å². The molecule has 0 spiro atoms. The standard InChI is InChI=1S/C33H46N2O7/c1-6-40-26-19-33(20-26,31(36)37)34-32(38)35(16-17-39-21-24-12-10-9-11-13-24)23(5)27-18-28(41-7-2)29(25-14-15-25)30(22(27)4)42-8-3/h9-13,18,23,25-26H,6-8,14-17,19-21H2,1-5H3,(H,34,38)(H,36,37). The highest BCUT2D eigenvalue weighted by Crippen LogP contribution is 2.51. The van der Waals surface area contributed by atoms with Crippen molar-refractivity contribution in [3.05, 3.63) is 58.7 Å². The fourth-order valence-electron chi connectivity index (χ4n) is 5.81. The third-order valence-corrected chi connectivity index (χ3v) is 8.22. The molecule has 1 atom stereocenters. The molecule has 2 aliphatic carbocycles. The van der Waals surface area contributed by atoms with Crippen molar-refractivity contribution >= 4 is 12.0 Å². The van der Waals surface area contributed by atoms with Crippen LogP contribution in [0.25, 0.3) is 0 Å². The van der Waals surface area contributed by atoms with Gasteiger partial charge in [0.05, 0.1) is 38.6 Å². The maximum absolute atomic E-state index is 13.9. The summed E-state index contributed by atoms with van der Waals surface area (Å²) in [5.74, 6) is 0.974. The molecule has 2 aliphatic rings. The number of amides is 2. The normalized spacial score (nSPS) is 20.4. The number of urea groups is 1. The van der Waals surface area contributed by atoms with Crippen LogP contribution in [-0.2, 0) is 20.9 Å². The van der Waals surface area contributed by atoms with E-state index in [-0.39, 0.29) is 32.1 Å². The summed E-state index contributed by atoms with van der Waals surface area (Å²) in [6.07, 6.45) is 2.47. The minimum absolute atomic E-state index is 0.189. The number of carboxylic acids is 1. The number of nitrogens with one attached hydrogen (secondary N) is 1. The minimum atomic E-state index is -1.36.